The summed E-state index contributed by atoms with van der Waals surface area (Å²) in [7, 11) is -3.21. The lowest BCUT2D eigenvalue weighted by Crippen LogP contribution is -2.59. The van der Waals surface area contributed by atoms with Gasteiger partial charge in [-0.3, -0.25) is 9.37 Å². The first-order chi connectivity index (χ1) is 12.8. The number of ether oxygens (including phenoxy) is 1. The summed E-state index contributed by atoms with van der Waals surface area (Å²) in [5.74, 6) is -0.829. The zero-order chi connectivity index (χ0) is 20.1. The second kappa shape index (κ2) is 8.53. The number of carbonyl (C=O) groups excluding carboxylic acids is 1. The lowest BCUT2D eigenvalue weighted by atomic mass is 10.2. The van der Waals surface area contributed by atoms with Crippen LogP contribution in [0.4, 0.5) is 4.39 Å². The van der Waals surface area contributed by atoms with Crippen LogP contribution in [0.25, 0.3) is 0 Å². The van der Waals surface area contributed by atoms with Crippen LogP contribution in [0.2, 0.25) is 0 Å². The molecule has 8 nitrogen and oxygen atoms in total. The minimum atomic E-state index is -4.63. The van der Waals surface area contributed by atoms with Crippen LogP contribution in [0, 0.1) is 0 Å². The standard InChI is InChI=1S/C17H21FN3O5S/c1-26-14-4-6-15(7-5-14)27(24,25)21(23,17(22)16(19)8-9-18)12-13-3-2-10-20-11-13/h2-7,10-11,16,23H,8-9,12,19H2,1H3/q+1/t16?,21-/m0/s1. The zero-order valence-electron chi connectivity index (χ0n) is 14.7. The van der Waals surface area contributed by atoms with E-state index in [0.29, 0.717) is 5.75 Å². The summed E-state index contributed by atoms with van der Waals surface area (Å²) in [5, 5.41) is 11.0. The molecule has 0 saturated heterocycles. The Hall–Kier alpha value is -2.40. The van der Waals surface area contributed by atoms with Crippen LogP contribution in [0.1, 0.15) is 12.0 Å². The third-order valence-corrected chi connectivity index (χ3v) is 5.93. The number of hydroxylamine groups is 2. The molecule has 0 radical (unpaired) electrons. The van der Waals surface area contributed by atoms with Crippen molar-refractivity contribution >= 4 is 15.9 Å². The predicted molar refractivity (Wildman–Crippen MR) is 93.7 cm³/mol. The Kier molecular flexibility index (Phi) is 6.60. The number of sulfonamides is 1. The maximum Gasteiger partial charge on any atom is 0.378 e. The quantitative estimate of drug-likeness (QED) is 0.392. The van der Waals surface area contributed by atoms with Crippen LogP contribution >= 0.6 is 0 Å². The third kappa shape index (κ3) is 4.30. The summed E-state index contributed by atoms with van der Waals surface area (Å²) in [6.45, 7) is -1.55. The molecule has 1 heterocycles. The lowest BCUT2D eigenvalue weighted by Gasteiger charge is -2.28. The Morgan fingerprint density at radius 1 is 1.33 bits per heavy atom. The number of hydrogen-bond donors (Lipinski definition) is 2. The summed E-state index contributed by atoms with van der Waals surface area (Å²) < 4.78 is 41.8. The number of halogens is 1. The Labute approximate surface area is 156 Å². The SMILES string of the molecule is COc1ccc(S(=O)(=O)[N@@+](O)(Cc2cccnc2)C(=O)C(N)CCF)cc1. The molecule has 3 N–H and O–H groups in total. The highest BCUT2D eigenvalue weighted by molar-refractivity contribution is 7.86. The van der Waals surface area contributed by atoms with Crippen molar-refractivity contribution in [3.05, 3.63) is 54.4 Å². The number of alkyl halides is 1. The third-order valence-electron chi connectivity index (χ3n) is 3.96. The van der Waals surface area contributed by atoms with Crippen LogP contribution in [0.15, 0.2) is 53.7 Å². The maximum atomic E-state index is 13.1. The number of aromatic nitrogens is 1. The number of nitrogens with zero attached hydrogens (tertiary/aromatic N) is 2. The first-order valence-electron chi connectivity index (χ1n) is 8.01. The summed E-state index contributed by atoms with van der Waals surface area (Å²) in [4.78, 5) is 16.3. The van der Waals surface area contributed by atoms with E-state index < -0.39 is 45.7 Å². The normalized spacial score (nSPS) is 15.0. The van der Waals surface area contributed by atoms with E-state index in [1.165, 1.54) is 55.9 Å². The van der Waals surface area contributed by atoms with E-state index in [4.69, 9.17) is 10.5 Å². The Morgan fingerprint density at radius 3 is 2.52 bits per heavy atom. The molecular weight excluding hydrogens is 377 g/mol. The summed E-state index contributed by atoms with van der Waals surface area (Å²) in [6, 6.07) is 6.72. The monoisotopic (exact) mass is 398 g/mol. The van der Waals surface area contributed by atoms with Gasteiger partial charge in [0, 0.05) is 24.4 Å². The molecule has 0 aliphatic carbocycles. The molecule has 1 unspecified atom stereocenters. The minimum Gasteiger partial charge on any atom is -0.497 e. The van der Waals surface area contributed by atoms with Crippen LogP contribution in [0.3, 0.4) is 0 Å². The molecule has 0 spiro atoms. The first kappa shape index (κ1) is 20.9. The molecule has 0 fully saturated rings. The molecule has 0 saturated carbocycles. The van der Waals surface area contributed by atoms with Crippen LogP contribution in [-0.4, -0.2) is 48.4 Å². The van der Waals surface area contributed by atoms with E-state index in [-0.39, 0.29) is 10.5 Å². The van der Waals surface area contributed by atoms with Gasteiger partial charge in [0.05, 0.1) is 13.8 Å². The predicted octanol–water partition coefficient (Wildman–Crippen LogP) is 1.40. The molecule has 2 aromatic rings. The topological polar surface area (TPSA) is 120 Å². The molecule has 2 atom stereocenters. The van der Waals surface area contributed by atoms with Gasteiger partial charge in [-0.1, -0.05) is 6.07 Å². The largest absolute Gasteiger partial charge is 0.497 e. The van der Waals surface area contributed by atoms with Crippen LogP contribution in [0.5, 0.6) is 5.75 Å². The summed E-state index contributed by atoms with van der Waals surface area (Å²) in [5.41, 5.74) is 5.91. The average molecular weight is 398 g/mol. The van der Waals surface area contributed by atoms with Crippen molar-refractivity contribution in [2.45, 2.75) is 23.9 Å². The Morgan fingerprint density at radius 2 is 2.00 bits per heavy atom. The molecule has 27 heavy (non-hydrogen) atoms. The number of rotatable bonds is 8. The van der Waals surface area contributed by atoms with E-state index in [9.17, 15) is 22.8 Å². The van der Waals surface area contributed by atoms with E-state index >= 15 is 0 Å². The van der Waals surface area contributed by atoms with Gasteiger partial charge in [0.15, 0.2) is 6.54 Å². The van der Waals surface area contributed by atoms with Gasteiger partial charge in [-0.05, 0) is 34.4 Å². The minimum absolute atomic E-state index is 0.290. The molecule has 1 aromatic carbocycles. The van der Waals surface area contributed by atoms with Crippen molar-refractivity contribution in [3.63, 3.8) is 0 Å². The highest BCUT2D eigenvalue weighted by atomic mass is 32.2. The van der Waals surface area contributed by atoms with Gasteiger partial charge < -0.3 is 10.5 Å². The van der Waals surface area contributed by atoms with Crippen LogP contribution in [-0.2, 0) is 21.4 Å². The van der Waals surface area contributed by atoms with Crippen molar-refractivity contribution < 1.29 is 31.6 Å². The fourth-order valence-electron chi connectivity index (χ4n) is 2.44. The van der Waals surface area contributed by atoms with Crippen molar-refractivity contribution in [2.75, 3.05) is 13.8 Å². The Balaban J connectivity index is 2.53. The first-order valence-corrected chi connectivity index (χ1v) is 9.45. The van der Waals surface area contributed by atoms with Gasteiger partial charge in [0.1, 0.15) is 16.7 Å². The highest BCUT2D eigenvalue weighted by Crippen LogP contribution is 2.28. The molecule has 1 aromatic heterocycles. The molecule has 146 valence electrons. The average Bonchev–Trinajstić information content (AvgIpc) is 2.68. The molecule has 1 amide bonds. The fraction of sp³-hybridized carbons (Fsp3) is 0.294. The number of amides is 1. The fourth-order valence-corrected chi connectivity index (χ4v) is 3.96. The van der Waals surface area contributed by atoms with E-state index in [1.807, 2.05) is 0 Å². The number of carbonyl (C=O) groups is 1. The van der Waals surface area contributed by atoms with E-state index in [1.54, 1.807) is 0 Å². The molecule has 10 heteroatoms. The maximum absolute atomic E-state index is 13.1. The molecule has 0 aliphatic heterocycles. The second-order valence-corrected chi connectivity index (χ2v) is 7.82. The van der Waals surface area contributed by atoms with Gasteiger partial charge in [0.2, 0.25) is 0 Å². The molecule has 0 aliphatic rings. The number of methoxy groups -OCH3 is 1. The summed E-state index contributed by atoms with van der Waals surface area (Å²) in [6.07, 6.45) is 2.37. The van der Waals surface area contributed by atoms with Crippen LogP contribution < -0.4 is 10.5 Å². The van der Waals surface area contributed by atoms with Crippen molar-refractivity contribution in [3.8, 4) is 5.75 Å². The van der Waals surface area contributed by atoms with Gasteiger partial charge in [0.25, 0.3) is 0 Å². The van der Waals surface area contributed by atoms with Crippen molar-refractivity contribution in [1.29, 1.82) is 0 Å². The van der Waals surface area contributed by atoms with E-state index in [2.05, 4.69) is 4.98 Å². The number of quaternary nitrogens is 1. The van der Waals surface area contributed by atoms with Gasteiger partial charge in [-0.15, -0.1) is 0 Å². The van der Waals surface area contributed by atoms with Crippen molar-refractivity contribution in [2.24, 2.45) is 5.73 Å². The molecule has 0 bridgehead atoms. The smallest absolute Gasteiger partial charge is 0.378 e. The zero-order valence-corrected chi connectivity index (χ0v) is 15.5. The van der Waals surface area contributed by atoms with E-state index in [0.717, 1.165) is 0 Å². The van der Waals surface area contributed by atoms with Crippen molar-refractivity contribution in [1.82, 2.24) is 4.98 Å². The molecular formula is C17H21FN3O5S+. The second-order valence-electron chi connectivity index (χ2n) is 5.79. The molecule has 2 rings (SSSR count). The van der Waals surface area contributed by atoms with Gasteiger partial charge >= 0.3 is 15.9 Å². The van der Waals surface area contributed by atoms with Gasteiger partial charge in [-0.2, -0.15) is 13.6 Å². The number of pyridine rings is 1. The van der Waals surface area contributed by atoms with Gasteiger partial charge in [-0.25, -0.2) is 4.79 Å². The lowest BCUT2D eigenvalue weighted by molar-refractivity contribution is -0.947. The Bertz CT molecular complexity index is 877. The highest BCUT2D eigenvalue weighted by Gasteiger charge is 2.52. The number of nitrogens with two attached hydrogens (primary N) is 1. The number of hydrogen-bond acceptors (Lipinski definition) is 7. The number of benzene rings is 1. The summed E-state index contributed by atoms with van der Waals surface area (Å²) >= 11 is 0.